The molecule has 36 heavy (non-hydrogen) atoms. The van der Waals surface area contributed by atoms with Crippen molar-refractivity contribution in [3.05, 3.63) is 79.7 Å². The molecule has 0 aliphatic rings. The number of nitrogens with zero attached hydrogens (tertiary/aromatic N) is 2. The summed E-state index contributed by atoms with van der Waals surface area (Å²) < 4.78 is 38.0. The largest absolute Gasteiger partial charge is 0.480 e. The van der Waals surface area contributed by atoms with Gasteiger partial charge in [-0.25, -0.2) is 13.2 Å². The van der Waals surface area contributed by atoms with E-state index < -0.39 is 27.9 Å². The summed E-state index contributed by atoms with van der Waals surface area (Å²) >= 11 is 13.4. The van der Waals surface area contributed by atoms with Gasteiger partial charge in [-0.05, 0) is 64.0 Å². The van der Waals surface area contributed by atoms with E-state index in [9.17, 15) is 23.1 Å². The standard InChI is InChI=1S/C22H15Br2ClN4O5S2/c23-12-5-6-13(21(30)26-18(22(31)32)9-11-4-7-15(25)14(24)8-11)17(10-12)29-36(33,34)19-3-1-2-16-20(19)28-35-27-16/h1-8,10,18,29H,9H2,(H,26,30)(H,31,32)/t18-/m0/s1. The van der Waals surface area contributed by atoms with Gasteiger partial charge in [-0.15, -0.1) is 0 Å². The van der Waals surface area contributed by atoms with E-state index in [-0.39, 0.29) is 28.1 Å². The number of amides is 1. The molecule has 1 atom stereocenters. The number of carbonyl (C=O) groups excluding carboxylic acids is 1. The lowest BCUT2D eigenvalue weighted by molar-refractivity contribution is -0.139. The van der Waals surface area contributed by atoms with Gasteiger partial charge in [0.1, 0.15) is 22.0 Å². The van der Waals surface area contributed by atoms with Crippen LogP contribution in [-0.4, -0.2) is 40.2 Å². The van der Waals surface area contributed by atoms with Crippen molar-refractivity contribution in [3.8, 4) is 0 Å². The first kappa shape index (κ1) is 26.5. The van der Waals surface area contributed by atoms with Crippen molar-refractivity contribution in [1.82, 2.24) is 14.1 Å². The third-order valence-electron chi connectivity index (χ3n) is 5.04. The van der Waals surface area contributed by atoms with E-state index in [0.29, 0.717) is 25.0 Å². The molecule has 0 aliphatic heterocycles. The van der Waals surface area contributed by atoms with Gasteiger partial charge in [0.2, 0.25) is 0 Å². The van der Waals surface area contributed by atoms with Crippen LogP contribution in [0.1, 0.15) is 15.9 Å². The summed E-state index contributed by atoms with van der Waals surface area (Å²) in [6.07, 6.45) is -0.0206. The number of carbonyl (C=O) groups is 2. The van der Waals surface area contributed by atoms with Gasteiger partial charge in [0.05, 0.1) is 28.0 Å². The number of aliphatic carboxylic acids is 1. The second-order valence-corrected chi connectivity index (χ2v) is 11.9. The second kappa shape index (κ2) is 10.8. The summed E-state index contributed by atoms with van der Waals surface area (Å²) in [6, 6.07) is 12.6. The maximum absolute atomic E-state index is 13.2. The summed E-state index contributed by atoms with van der Waals surface area (Å²) in [6.45, 7) is 0. The summed E-state index contributed by atoms with van der Waals surface area (Å²) in [5, 5.41) is 12.6. The zero-order valence-corrected chi connectivity index (χ0v) is 23.5. The minimum Gasteiger partial charge on any atom is -0.480 e. The quantitative estimate of drug-likeness (QED) is 0.237. The molecule has 1 aromatic heterocycles. The van der Waals surface area contributed by atoms with Gasteiger partial charge in [-0.3, -0.25) is 9.52 Å². The molecule has 0 bridgehead atoms. The number of sulfonamides is 1. The van der Waals surface area contributed by atoms with Gasteiger partial charge >= 0.3 is 5.97 Å². The number of carboxylic acid groups (broad SMARTS) is 1. The van der Waals surface area contributed by atoms with E-state index in [0.717, 1.165) is 11.7 Å². The van der Waals surface area contributed by atoms with Crippen LogP contribution >= 0.6 is 55.2 Å². The van der Waals surface area contributed by atoms with Gasteiger partial charge in [0.15, 0.2) is 0 Å². The molecule has 186 valence electrons. The van der Waals surface area contributed by atoms with Crippen molar-refractivity contribution < 1.29 is 23.1 Å². The van der Waals surface area contributed by atoms with Crippen LogP contribution in [0.3, 0.4) is 0 Å². The van der Waals surface area contributed by atoms with Gasteiger partial charge in [0.25, 0.3) is 15.9 Å². The van der Waals surface area contributed by atoms with E-state index in [4.69, 9.17) is 11.6 Å². The third kappa shape index (κ3) is 5.86. The predicted octanol–water partition coefficient (Wildman–Crippen LogP) is 5.10. The average molecular weight is 675 g/mol. The first-order chi connectivity index (χ1) is 17.0. The predicted molar refractivity (Wildman–Crippen MR) is 144 cm³/mol. The van der Waals surface area contributed by atoms with Crippen LogP contribution < -0.4 is 10.0 Å². The Kier molecular flexibility index (Phi) is 7.95. The molecule has 0 fully saturated rings. The highest BCUT2D eigenvalue weighted by Gasteiger charge is 2.26. The maximum atomic E-state index is 13.2. The van der Waals surface area contributed by atoms with Gasteiger partial charge < -0.3 is 10.4 Å². The van der Waals surface area contributed by atoms with E-state index >= 15 is 0 Å². The lowest BCUT2D eigenvalue weighted by Crippen LogP contribution is -2.42. The van der Waals surface area contributed by atoms with E-state index in [1.807, 2.05) is 0 Å². The van der Waals surface area contributed by atoms with Gasteiger partial charge in [-0.1, -0.05) is 39.7 Å². The number of rotatable bonds is 8. The molecule has 4 aromatic rings. The second-order valence-electron chi connectivity index (χ2n) is 7.50. The molecule has 0 saturated heterocycles. The minimum absolute atomic E-state index is 0.0206. The van der Waals surface area contributed by atoms with Crippen molar-refractivity contribution in [1.29, 1.82) is 0 Å². The molecule has 0 spiro atoms. The monoisotopic (exact) mass is 672 g/mol. The molecule has 0 aliphatic carbocycles. The van der Waals surface area contributed by atoms with Crippen LogP contribution in [0.25, 0.3) is 11.0 Å². The van der Waals surface area contributed by atoms with Crippen LogP contribution in [-0.2, 0) is 21.2 Å². The summed E-state index contributed by atoms with van der Waals surface area (Å²) in [5.41, 5.74) is 1.15. The summed E-state index contributed by atoms with van der Waals surface area (Å²) in [7, 11) is -4.17. The topological polar surface area (TPSA) is 138 Å². The Labute approximate surface area is 231 Å². The number of aromatic nitrogens is 2. The summed E-state index contributed by atoms with van der Waals surface area (Å²) in [5.74, 6) is -2.02. The van der Waals surface area contributed by atoms with Crippen LogP contribution in [0, 0.1) is 0 Å². The molecule has 3 aromatic carbocycles. The van der Waals surface area contributed by atoms with Crippen LogP contribution in [0.4, 0.5) is 5.69 Å². The molecule has 14 heteroatoms. The summed E-state index contributed by atoms with van der Waals surface area (Å²) in [4.78, 5) is 24.9. The van der Waals surface area contributed by atoms with Crippen molar-refractivity contribution in [2.45, 2.75) is 17.4 Å². The molecule has 0 radical (unpaired) electrons. The Morgan fingerprint density at radius 2 is 1.86 bits per heavy atom. The number of hydrogen-bond donors (Lipinski definition) is 3. The first-order valence-corrected chi connectivity index (χ1v) is 14.2. The Bertz CT molecular complexity index is 1600. The molecule has 9 nitrogen and oxygen atoms in total. The van der Waals surface area contributed by atoms with E-state index in [1.165, 1.54) is 18.2 Å². The number of fused-ring (bicyclic) bond motifs is 1. The van der Waals surface area contributed by atoms with E-state index in [2.05, 4.69) is 50.6 Å². The Hall–Kier alpha value is -2.58. The van der Waals surface area contributed by atoms with Crippen LogP contribution in [0.2, 0.25) is 5.02 Å². The molecule has 1 heterocycles. The molecule has 4 rings (SSSR count). The Morgan fingerprint density at radius 1 is 1.08 bits per heavy atom. The minimum atomic E-state index is -4.17. The van der Waals surface area contributed by atoms with Crippen molar-refractivity contribution in [3.63, 3.8) is 0 Å². The van der Waals surface area contributed by atoms with Crippen LogP contribution in [0.5, 0.6) is 0 Å². The smallest absolute Gasteiger partial charge is 0.326 e. The molecular weight excluding hydrogens is 660 g/mol. The van der Waals surface area contributed by atoms with Crippen molar-refractivity contribution in [2.24, 2.45) is 0 Å². The Balaban J connectivity index is 1.62. The lowest BCUT2D eigenvalue weighted by Gasteiger charge is -2.17. The fourth-order valence-corrected chi connectivity index (χ4v) is 6.08. The molecular formula is C22H15Br2ClN4O5S2. The van der Waals surface area contributed by atoms with Crippen LogP contribution in [0.15, 0.2) is 68.4 Å². The Morgan fingerprint density at radius 3 is 2.58 bits per heavy atom. The zero-order chi connectivity index (χ0) is 26.0. The first-order valence-electron chi connectivity index (χ1n) is 10.1. The van der Waals surface area contributed by atoms with Crippen molar-refractivity contribution >= 4 is 93.8 Å². The molecule has 0 unspecified atom stereocenters. The van der Waals surface area contributed by atoms with Gasteiger partial charge in [0, 0.05) is 15.4 Å². The molecule has 3 N–H and O–H groups in total. The van der Waals surface area contributed by atoms with Crippen molar-refractivity contribution in [2.75, 3.05) is 4.72 Å². The molecule has 1 amide bonds. The molecule has 0 saturated carbocycles. The average Bonchev–Trinajstić information content (AvgIpc) is 3.29. The number of nitrogens with one attached hydrogen (secondary N) is 2. The highest BCUT2D eigenvalue weighted by atomic mass is 79.9. The highest BCUT2D eigenvalue weighted by molar-refractivity contribution is 9.10. The normalized spacial score (nSPS) is 12.3. The number of benzene rings is 3. The number of anilines is 1. The fourth-order valence-electron chi connectivity index (χ4n) is 3.34. The SMILES string of the molecule is O=C(N[C@@H](Cc1ccc(Cl)c(Br)c1)C(=O)O)c1ccc(Br)cc1NS(=O)(=O)c1cccc2nsnc12. The van der Waals surface area contributed by atoms with E-state index in [1.54, 1.807) is 36.4 Å². The third-order valence-corrected chi connectivity index (χ3v) is 8.68. The lowest BCUT2D eigenvalue weighted by atomic mass is 10.1. The number of halogens is 3. The fraction of sp³-hybridized carbons (Fsp3) is 0.0909. The maximum Gasteiger partial charge on any atom is 0.326 e. The zero-order valence-electron chi connectivity index (χ0n) is 17.9. The number of carboxylic acids is 1. The van der Waals surface area contributed by atoms with Gasteiger partial charge in [-0.2, -0.15) is 8.75 Å². The highest BCUT2D eigenvalue weighted by Crippen LogP contribution is 2.28. The number of hydrogen-bond acceptors (Lipinski definition) is 7.